The van der Waals surface area contributed by atoms with Gasteiger partial charge in [-0.15, -0.1) is 0 Å². The molecule has 1 aromatic carbocycles. The van der Waals surface area contributed by atoms with Gasteiger partial charge < -0.3 is 9.84 Å². The largest absolute Gasteiger partial charge is 0.416 e. The minimum absolute atomic E-state index is 0.144. The van der Waals surface area contributed by atoms with Gasteiger partial charge in [-0.05, 0) is 24.6 Å². The molecule has 0 spiro atoms. The summed E-state index contributed by atoms with van der Waals surface area (Å²) in [5.41, 5.74) is -0.117. The van der Waals surface area contributed by atoms with E-state index >= 15 is 0 Å². The van der Waals surface area contributed by atoms with Gasteiger partial charge in [-0.1, -0.05) is 31.1 Å². The lowest BCUT2D eigenvalue weighted by molar-refractivity contribution is -0.137. The lowest BCUT2D eigenvalue weighted by atomic mass is 10.1. The Balaban J connectivity index is 1.87. The average Bonchev–Trinajstić information content (AvgIpc) is 3.01. The smallest absolute Gasteiger partial charge is 0.350 e. The van der Waals surface area contributed by atoms with Gasteiger partial charge in [0, 0.05) is 18.8 Å². The number of hydrogen-bond donors (Lipinski definition) is 1. The number of alkyl halides is 3. The van der Waals surface area contributed by atoms with Crippen molar-refractivity contribution in [3.63, 3.8) is 0 Å². The molecule has 1 amide bonds. The van der Waals surface area contributed by atoms with Gasteiger partial charge in [0.2, 0.25) is 11.8 Å². The first kappa shape index (κ1) is 19.0. The molecule has 136 valence electrons. The van der Waals surface area contributed by atoms with Crippen LogP contribution in [-0.4, -0.2) is 16.0 Å². The second kappa shape index (κ2) is 7.67. The first-order chi connectivity index (χ1) is 11.7. The maximum Gasteiger partial charge on any atom is 0.416 e. The molecule has 0 saturated carbocycles. The number of aryl methyl sites for hydroxylation is 1. The number of nitrogens with zero attached hydrogens (tertiary/aromatic N) is 2. The van der Waals surface area contributed by atoms with E-state index in [1.165, 1.54) is 12.1 Å². The molecular formula is C17H20F3N3O2. The van der Waals surface area contributed by atoms with Gasteiger partial charge >= 0.3 is 6.18 Å². The molecule has 1 atom stereocenters. The Morgan fingerprint density at radius 2 is 1.84 bits per heavy atom. The number of carbonyl (C=O) groups is 1. The molecule has 0 saturated heterocycles. The van der Waals surface area contributed by atoms with E-state index in [4.69, 9.17) is 4.52 Å². The fourth-order valence-corrected chi connectivity index (χ4v) is 2.18. The maximum absolute atomic E-state index is 12.6. The van der Waals surface area contributed by atoms with Crippen molar-refractivity contribution in [2.75, 3.05) is 0 Å². The van der Waals surface area contributed by atoms with Crippen LogP contribution >= 0.6 is 0 Å². The Morgan fingerprint density at radius 3 is 2.36 bits per heavy atom. The van der Waals surface area contributed by atoms with E-state index in [-0.39, 0.29) is 18.2 Å². The zero-order chi connectivity index (χ0) is 18.6. The van der Waals surface area contributed by atoms with Crippen molar-refractivity contribution in [1.29, 1.82) is 0 Å². The third-order valence-corrected chi connectivity index (χ3v) is 3.68. The molecule has 0 fully saturated rings. The van der Waals surface area contributed by atoms with Crippen LogP contribution in [0.3, 0.4) is 0 Å². The third kappa shape index (κ3) is 5.30. The van der Waals surface area contributed by atoms with Crippen LogP contribution in [0.5, 0.6) is 0 Å². The summed E-state index contributed by atoms with van der Waals surface area (Å²) >= 11 is 0. The number of halogens is 3. The van der Waals surface area contributed by atoms with E-state index in [1.54, 1.807) is 6.92 Å². The van der Waals surface area contributed by atoms with Gasteiger partial charge in [-0.3, -0.25) is 4.79 Å². The minimum atomic E-state index is -4.37. The van der Waals surface area contributed by atoms with E-state index in [0.29, 0.717) is 23.7 Å². The van der Waals surface area contributed by atoms with E-state index in [1.807, 2.05) is 13.8 Å². The summed E-state index contributed by atoms with van der Waals surface area (Å²) in [5.74, 6) is 0.886. The number of hydrogen-bond acceptors (Lipinski definition) is 4. The molecule has 1 N–H and O–H groups in total. The molecule has 2 rings (SSSR count). The molecule has 8 heteroatoms. The average molecular weight is 355 g/mol. The predicted molar refractivity (Wildman–Crippen MR) is 84.7 cm³/mol. The van der Waals surface area contributed by atoms with Crippen molar-refractivity contribution in [3.8, 4) is 0 Å². The molecule has 1 aromatic heterocycles. The minimum Gasteiger partial charge on any atom is -0.350 e. The van der Waals surface area contributed by atoms with Crippen LogP contribution in [-0.2, 0) is 17.4 Å². The summed E-state index contributed by atoms with van der Waals surface area (Å²) in [6, 6.07) is 4.33. The van der Waals surface area contributed by atoms with Crippen molar-refractivity contribution < 1.29 is 22.5 Å². The Bertz CT molecular complexity index is 709. The molecule has 5 nitrogen and oxygen atoms in total. The Kier molecular flexibility index (Phi) is 5.81. The number of rotatable bonds is 6. The Labute approximate surface area is 143 Å². The normalized spacial score (nSPS) is 13.1. The predicted octanol–water partition coefficient (Wildman–Crippen LogP) is 4.02. The van der Waals surface area contributed by atoms with Crippen molar-refractivity contribution in [3.05, 3.63) is 47.1 Å². The fraction of sp³-hybridized carbons (Fsp3) is 0.471. The monoisotopic (exact) mass is 355 g/mol. The molecule has 0 radical (unpaired) electrons. The summed E-state index contributed by atoms with van der Waals surface area (Å²) in [4.78, 5) is 16.2. The van der Waals surface area contributed by atoms with Crippen molar-refractivity contribution in [2.24, 2.45) is 0 Å². The van der Waals surface area contributed by atoms with E-state index in [9.17, 15) is 18.0 Å². The summed E-state index contributed by atoms with van der Waals surface area (Å²) < 4.78 is 42.7. The van der Waals surface area contributed by atoms with E-state index in [0.717, 1.165) is 12.1 Å². The van der Waals surface area contributed by atoms with Crippen LogP contribution in [0.1, 0.15) is 62.0 Å². The number of aromatic nitrogens is 2. The molecule has 2 aromatic rings. The van der Waals surface area contributed by atoms with Gasteiger partial charge in [0.15, 0.2) is 5.82 Å². The summed E-state index contributed by atoms with van der Waals surface area (Å²) in [7, 11) is 0. The van der Waals surface area contributed by atoms with Crippen molar-refractivity contribution >= 4 is 5.91 Å². The van der Waals surface area contributed by atoms with Gasteiger partial charge in [-0.2, -0.15) is 18.2 Å². The molecular weight excluding hydrogens is 335 g/mol. The first-order valence-electron chi connectivity index (χ1n) is 7.96. The zero-order valence-corrected chi connectivity index (χ0v) is 14.2. The number of carbonyl (C=O) groups excluding carboxylic acids is 1. The van der Waals surface area contributed by atoms with Gasteiger partial charge in [-0.25, -0.2) is 0 Å². The lowest BCUT2D eigenvalue weighted by Crippen LogP contribution is -2.26. The molecule has 0 aliphatic heterocycles. The van der Waals surface area contributed by atoms with Crippen LogP contribution in [0, 0.1) is 0 Å². The molecule has 25 heavy (non-hydrogen) atoms. The lowest BCUT2D eigenvalue weighted by Gasteiger charge is -2.15. The molecule has 0 aliphatic rings. The number of benzene rings is 1. The van der Waals surface area contributed by atoms with Crippen LogP contribution in [0.15, 0.2) is 28.8 Å². The highest BCUT2D eigenvalue weighted by molar-refractivity contribution is 5.76. The van der Waals surface area contributed by atoms with Crippen LogP contribution in [0.2, 0.25) is 0 Å². The standard InChI is InChI=1S/C17H20F3N3O2/c1-10(2)16-22-15(25-23-16)9-8-14(24)21-11(3)12-4-6-13(7-5-12)17(18,19)20/h4-7,10-11H,8-9H2,1-3H3,(H,21,24). The van der Waals surface area contributed by atoms with Crippen LogP contribution in [0.4, 0.5) is 13.2 Å². The fourth-order valence-electron chi connectivity index (χ4n) is 2.18. The zero-order valence-electron chi connectivity index (χ0n) is 14.2. The van der Waals surface area contributed by atoms with Crippen molar-refractivity contribution in [2.45, 2.75) is 51.7 Å². The van der Waals surface area contributed by atoms with Crippen LogP contribution in [0.25, 0.3) is 0 Å². The number of amides is 1. The second-order valence-corrected chi connectivity index (χ2v) is 6.11. The topological polar surface area (TPSA) is 68.0 Å². The highest BCUT2D eigenvalue weighted by atomic mass is 19.4. The van der Waals surface area contributed by atoms with Crippen molar-refractivity contribution in [1.82, 2.24) is 15.5 Å². The molecule has 1 unspecified atom stereocenters. The Morgan fingerprint density at radius 1 is 1.20 bits per heavy atom. The van der Waals surface area contributed by atoms with Crippen LogP contribution < -0.4 is 5.32 Å². The maximum atomic E-state index is 12.6. The highest BCUT2D eigenvalue weighted by Crippen LogP contribution is 2.29. The summed E-state index contributed by atoms with van der Waals surface area (Å²) in [6.45, 7) is 5.59. The van der Waals surface area contributed by atoms with E-state index < -0.39 is 17.8 Å². The first-order valence-corrected chi connectivity index (χ1v) is 7.96. The van der Waals surface area contributed by atoms with Gasteiger partial charge in [0.05, 0.1) is 11.6 Å². The summed E-state index contributed by atoms with van der Waals surface area (Å²) in [5, 5.41) is 6.56. The molecule has 0 aliphatic carbocycles. The van der Waals surface area contributed by atoms with E-state index in [2.05, 4.69) is 15.5 Å². The summed E-state index contributed by atoms with van der Waals surface area (Å²) in [6.07, 6.45) is -3.90. The SMILES string of the molecule is CC(C)c1noc(CCC(=O)NC(C)c2ccc(C(F)(F)F)cc2)n1. The van der Waals surface area contributed by atoms with Gasteiger partial charge in [0.1, 0.15) is 0 Å². The van der Waals surface area contributed by atoms with Gasteiger partial charge in [0.25, 0.3) is 0 Å². The quantitative estimate of drug-likeness (QED) is 0.850. The third-order valence-electron chi connectivity index (χ3n) is 3.68. The highest BCUT2D eigenvalue weighted by Gasteiger charge is 2.30. The second-order valence-electron chi connectivity index (χ2n) is 6.11. The molecule has 0 bridgehead atoms. The number of nitrogens with one attached hydrogen (secondary N) is 1. The Hall–Kier alpha value is -2.38. The molecule has 1 heterocycles.